The number of aryl methyl sites for hydroxylation is 1. The van der Waals surface area contributed by atoms with E-state index in [0.29, 0.717) is 16.6 Å². The molecule has 1 N–H and O–H groups in total. The Morgan fingerprint density at radius 1 is 1.11 bits per heavy atom. The second-order valence-corrected chi connectivity index (χ2v) is 3.17. The largest absolute Gasteiger partial charge is 0.355 e. The molecule has 0 bridgehead atoms. The Balaban J connectivity index is 0.000000741. The first-order chi connectivity index (χ1) is 9.24. The van der Waals surface area contributed by atoms with Crippen molar-refractivity contribution in [3.63, 3.8) is 0 Å². The van der Waals surface area contributed by atoms with Crippen molar-refractivity contribution in [3.05, 3.63) is 29.6 Å². The minimum atomic E-state index is -0.178. The topological polar surface area (TPSA) is 67.8 Å². The van der Waals surface area contributed by atoms with Crippen LogP contribution in [0.25, 0.3) is 11.0 Å². The third-order valence-electron chi connectivity index (χ3n) is 2.22. The number of rotatable bonds is 1. The maximum Gasteiger partial charge on any atom is 0.253 e. The lowest BCUT2D eigenvalue weighted by Gasteiger charge is -2.04. The molecular formula is C14H22N4O. The smallest absolute Gasteiger partial charge is 0.253 e. The molecule has 0 aliphatic heterocycles. The van der Waals surface area contributed by atoms with Gasteiger partial charge in [-0.05, 0) is 18.6 Å². The number of amides is 1. The zero-order valence-corrected chi connectivity index (χ0v) is 12.5. The van der Waals surface area contributed by atoms with Crippen LogP contribution in [0, 0.1) is 6.92 Å². The normalized spacial score (nSPS) is 8.74. The minimum absolute atomic E-state index is 0.178. The van der Waals surface area contributed by atoms with Gasteiger partial charge in [-0.25, -0.2) is 4.98 Å². The monoisotopic (exact) mass is 262 g/mol. The molecule has 1 aromatic carbocycles. The molecule has 0 atom stereocenters. The summed E-state index contributed by atoms with van der Waals surface area (Å²) in [5.74, 6) is -0.178. The van der Waals surface area contributed by atoms with E-state index in [4.69, 9.17) is 0 Å². The fourth-order valence-electron chi connectivity index (χ4n) is 1.43. The van der Waals surface area contributed by atoms with Crippen LogP contribution in [-0.2, 0) is 0 Å². The summed E-state index contributed by atoms with van der Waals surface area (Å²) in [4.78, 5) is 15.6. The maximum absolute atomic E-state index is 11.5. The Morgan fingerprint density at radius 3 is 2.32 bits per heavy atom. The molecule has 0 saturated heterocycles. The molecule has 0 aliphatic rings. The van der Waals surface area contributed by atoms with Crippen LogP contribution in [0.15, 0.2) is 18.5 Å². The standard InChI is InChI=1S/C10H10N4O.2C2H6/c1-6-3-4-7(10(15)11-2)9-8(6)12-5-13-14-9;2*1-2/h3-5H,1-2H3,(H,11,15);2*1-2H3. The summed E-state index contributed by atoms with van der Waals surface area (Å²) in [5, 5.41) is 10.2. The van der Waals surface area contributed by atoms with Crippen LogP contribution in [0.1, 0.15) is 43.6 Å². The molecule has 5 nitrogen and oxygen atoms in total. The van der Waals surface area contributed by atoms with Gasteiger partial charge in [0.1, 0.15) is 11.8 Å². The molecular weight excluding hydrogens is 240 g/mol. The molecule has 0 radical (unpaired) electrons. The fourth-order valence-corrected chi connectivity index (χ4v) is 1.43. The number of carbonyl (C=O) groups is 1. The van der Waals surface area contributed by atoms with E-state index in [-0.39, 0.29) is 5.91 Å². The average Bonchev–Trinajstić information content (AvgIpc) is 2.51. The van der Waals surface area contributed by atoms with Crippen molar-refractivity contribution >= 4 is 16.9 Å². The van der Waals surface area contributed by atoms with Crippen molar-refractivity contribution < 1.29 is 4.79 Å². The third kappa shape index (κ3) is 3.98. The zero-order valence-electron chi connectivity index (χ0n) is 12.5. The second-order valence-electron chi connectivity index (χ2n) is 3.17. The van der Waals surface area contributed by atoms with Gasteiger partial charge in [-0.3, -0.25) is 4.79 Å². The molecule has 2 rings (SSSR count). The number of fused-ring (bicyclic) bond motifs is 1. The maximum atomic E-state index is 11.5. The van der Waals surface area contributed by atoms with Crippen LogP contribution in [0.4, 0.5) is 0 Å². The van der Waals surface area contributed by atoms with Gasteiger partial charge in [-0.1, -0.05) is 33.8 Å². The highest BCUT2D eigenvalue weighted by Gasteiger charge is 2.11. The molecule has 2 aromatic rings. The number of nitrogens with one attached hydrogen (secondary N) is 1. The second kappa shape index (κ2) is 8.97. The third-order valence-corrected chi connectivity index (χ3v) is 2.22. The Labute approximate surface area is 114 Å². The van der Waals surface area contributed by atoms with E-state index in [1.54, 1.807) is 13.1 Å². The number of hydrogen-bond donors (Lipinski definition) is 1. The molecule has 0 spiro atoms. The quantitative estimate of drug-likeness (QED) is 0.858. The Morgan fingerprint density at radius 2 is 1.74 bits per heavy atom. The molecule has 0 unspecified atom stereocenters. The number of aromatic nitrogens is 3. The van der Waals surface area contributed by atoms with Crippen molar-refractivity contribution in [2.24, 2.45) is 0 Å². The van der Waals surface area contributed by atoms with Crippen molar-refractivity contribution in [2.45, 2.75) is 34.6 Å². The van der Waals surface area contributed by atoms with Gasteiger partial charge >= 0.3 is 0 Å². The number of hydrogen-bond acceptors (Lipinski definition) is 4. The van der Waals surface area contributed by atoms with Crippen molar-refractivity contribution in [3.8, 4) is 0 Å². The predicted octanol–water partition coefficient (Wildman–Crippen LogP) is 2.75. The number of benzene rings is 1. The summed E-state index contributed by atoms with van der Waals surface area (Å²) in [7, 11) is 1.58. The van der Waals surface area contributed by atoms with E-state index < -0.39 is 0 Å². The van der Waals surface area contributed by atoms with Gasteiger partial charge in [0.2, 0.25) is 0 Å². The first kappa shape index (κ1) is 17.0. The molecule has 1 heterocycles. The van der Waals surface area contributed by atoms with Gasteiger partial charge in [-0.2, -0.15) is 0 Å². The highest BCUT2D eigenvalue weighted by atomic mass is 16.1. The molecule has 5 heteroatoms. The first-order valence-corrected chi connectivity index (χ1v) is 6.53. The molecule has 1 aromatic heterocycles. The molecule has 104 valence electrons. The predicted molar refractivity (Wildman–Crippen MR) is 78.2 cm³/mol. The van der Waals surface area contributed by atoms with Crippen molar-refractivity contribution in [1.29, 1.82) is 0 Å². The molecule has 0 aliphatic carbocycles. The lowest BCUT2D eigenvalue weighted by Crippen LogP contribution is -2.18. The van der Waals surface area contributed by atoms with E-state index in [0.717, 1.165) is 5.56 Å². The zero-order chi connectivity index (χ0) is 14.8. The van der Waals surface area contributed by atoms with Crippen LogP contribution in [0.2, 0.25) is 0 Å². The van der Waals surface area contributed by atoms with Gasteiger partial charge in [0.15, 0.2) is 0 Å². The van der Waals surface area contributed by atoms with Gasteiger partial charge in [0.05, 0.1) is 11.1 Å². The van der Waals surface area contributed by atoms with E-state index in [2.05, 4.69) is 20.5 Å². The summed E-state index contributed by atoms with van der Waals surface area (Å²) in [6.07, 6.45) is 1.38. The van der Waals surface area contributed by atoms with E-state index >= 15 is 0 Å². The van der Waals surface area contributed by atoms with Gasteiger partial charge in [-0.15, -0.1) is 10.2 Å². The van der Waals surface area contributed by atoms with E-state index in [9.17, 15) is 4.79 Å². The molecule has 19 heavy (non-hydrogen) atoms. The number of nitrogens with zero attached hydrogens (tertiary/aromatic N) is 3. The number of carbonyl (C=O) groups excluding carboxylic acids is 1. The van der Waals surface area contributed by atoms with E-state index in [1.807, 2.05) is 40.7 Å². The van der Waals surface area contributed by atoms with Crippen molar-refractivity contribution in [2.75, 3.05) is 7.05 Å². The lowest BCUT2D eigenvalue weighted by atomic mass is 10.1. The average molecular weight is 262 g/mol. The Hall–Kier alpha value is -2.04. The summed E-state index contributed by atoms with van der Waals surface area (Å²) in [5.41, 5.74) is 2.73. The molecule has 1 amide bonds. The van der Waals surface area contributed by atoms with Crippen LogP contribution >= 0.6 is 0 Å². The molecule has 0 saturated carbocycles. The van der Waals surface area contributed by atoms with Gasteiger partial charge < -0.3 is 5.32 Å². The summed E-state index contributed by atoms with van der Waals surface area (Å²) in [6, 6.07) is 3.58. The minimum Gasteiger partial charge on any atom is -0.355 e. The van der Waals surface area contributed by atoms with Crippen LogP contribution < -0.4 is 5.32 Å². The van der Waals surface area contributed by atoms with Crippen LogP contribution in [0.5, 0.6) is 0 Å². The van der Waals surface area contributed by atoms with Crippen LogP contribution in [-0.4, -0.2) is 28.1 Å². The SMILES string of the molecule is CC.CC.CNC(=O)c1ccc(C)c2ncnnc12. The Bertz CT molecular complexity index is 526. The van der Waals surface area contributed by atoms with Crippen LogP contribution in [0.3, 0.4) is 0 Å². The molecule has 0 fully saturated rings. The summed E-state index contributed by atoms with van der Waals surface area (Å²) in [6.45, 7) is 9.92. The Kier molecular flexibility index (Phi) is 8.00. The summed E-state index contributed by atoms with van der Waals surface area (Å²) >= 11 is 0. The van der Waals surface area contributed by atoms with Gasteiger partial charge in [0.25, 0.3) is 5.91 Å². The van der Waals surface area contributed by atoms with Crippen molar-refractivity contribution in [1.82, 2.24) is 20.5 Å². The highest BCUT2D eigenvalue weighted by molar-refractivity contribution is 6.04. The highest BCUT2D eigenvalue weighted by Crippen LogP contribution is 2.17. The van der Waals surface area contributed by atoms with E-state index in [1.165, 1.54) is 6.33 Å². The first-order valence-electron chi connectivity index (χ1n) is 6.53. The fraction of sp³-hybridized carbons (Fsp3) is 0.429. The van der Waals surface area contributed by atoms with Gasteiger partial charge in [0, 0.05) is 7.05 Å². The lowest BCUT2D eigenvalue weighted by molar-refractivity contribution is 0.0964. The summed E-state index contributed by atoms with van der Waals surface area (Å²) < 4.78 is 0.